The van der Waals surface area contributed by atoms with Crippen LogP contribution in [0.25, 0.3) is 0 Å². The van der Waals surface area contributed by atoms with Crippen LogP contribution in [0.2, 0.25) is 5.02 Å². The van der Waals surface area contributed by atoms with Gasteiger partial charge in [0, 0.05) is 30.7 Å². The van der Waals surface area contributed by atoms with Crippen LogP contribution in [0.5, 0.6) is 5.75 Å². The van der Waals surface area contributed by atoms with Crippen molar-refractivity contribution in [3.63, 3.8) is 0 Å². The Morgan fingerprint density at radius 3 is 2.71 bits per heavy atom. The van der Waals surface area contributed by atoms with E-state index < -0.39 is 0 Å². The van der Waals surface area contributed by atoms with Gasteiger partial charge in [-0.2, -0.15) is 0 Å². The molecule has 0 spiro atoms. The molecular weight excluding hydrogens is 470 g/mol. The summed E-state index contributed by atoms with van der Waals surface area (Å²) < 4.78 is 12.2. The van der Waals surface area contributed by atoms with Crippen molar-refractivity contribution in [1.29, 1.82) is 0 Å². The molecule has 0 unspecified atom stereocenters. The summed E-state index contributed by atoms with van der Waals surface area (Å²) in [5, 5.41) is 6.30. The van der Waals surface area contributed by atoms with Crippen molar-refractivity contribution in [3.05, 3.63) is 58.6 Å². The summed E-state index contributed by atoms with van der Waals surface area (Å²) in [4.78, 5) is 39.2. The molecule has 2 aliphatic heterocycles. The fourth-order valence-corrected chi connectivity index (χ4v) is 4.67. The van der Waals surface area contributed by atoms with Gasteiger partial charge in [-0.05, 0) is 42.7 Å². The summed E-state index contributed by atoms with van der Waals surface area (Å²) in [6.45, 7) is 2.38. The molecule has 0 radical (unpaired) electrons. The fraction of sp³-hybridized carbons (Fsp3) is 0.423. The summed E-state index contributed by atoms with van der Waals surface area (Å²) in [7, 11) is 1.76. The van der Waals surface area contributed by atoms with E-state index in [0.717, 1.165) is 5.56 Å². The zero-order valence-electron chi connectivity index (χ0n) is 19.9. The highest BCUT2D eigenvalue weighted by molar-refractivity contribution is 6.31. The minimum Gasteiger partial charge on any atom is -0.490 e. The maximum atomic E-state index is 13.3. The van der Waals surface area contributed by atoms with E-state index in [1.165, 1.54) is 0 Å². The predicted molar refractivity (Wildman–Crippen MR) is 133 cm³/mol. The van der Waals surface area contributed by atoms with E-state index >= 15 is 0 Å². The molecule has 3 amide bonds. The van der Waals surface area contributed by atoms with Crippen LogP contribution in [0.15, 0.2) is 42.5 Å². The highest BCUT2D eigenvalue weighted by Gasteiger charge is 2.39. The maximum absolute atomic E-state index is 13.3. The van der Waals surface area contributed by atoms with E-state index in [1.807, 2.05) is 18.2 Å². The molecule has 2 aromatic carbocycles. The third-order valence-electron chi connectivity index (χ3n) is 6.46. The van der Waals surface area contributed by atoms with Crippen molar-refractivity contribution >= 4 is 35.0 Å². The van der Waals surface area contributed by atoms with Crippen LogP contribution in [-0.4, -0.2) is 54.5 Å². The molecule has 0 aliphatic carbocycles. The van der Waals surface area contributed by atoms with Crippen LogP contribution >= 0.6 is 11.6 Å². The van der Waals surface area contributed by atoms with Gasteiger partial charge < -0.3 is 25.0 Å². The summed E-state index contributed by atoms with van der Waals surface area (Å²) in [5.74, 6) is 0.0107. The summed E-state index contributed by atoms with van der Waals surface area (Å²) in [6.07, 6.45) is 1.30. The quantitative estimate of drug-likeness (QED) is 0.630. The van der Waals surface area contributed by atoms with Gasteiger partial charge in [0.2, 0.25) is 11.8 Å². The number of amides is 3. The van der Waals surface area contributed by atoms with Crippen molar-refractivity contribution in [2.45, 2.75) is 57.4 Å². The average Bonchev–Trinajstić information content (AvgIpc) is 2.86. The molecule has 2 heterocycles. The van der Waals surface area contributed by atoms with E-state index in [9.17, 15) is 14.4 Å². The van der Waals surface area contributed by atoms with Gasteiger partial charge in [-0.3, -0.25) is 14.4 Å². The zero-order valence-corrected chi connectivity index (χ0v) is 20.6. The van der Waals surface area contributed by atoms with Crippen molar-refractivity contribution in [2.24, 2.45) is 0 Å². The molecule has 8 nitrogen and oxygen atoms in total. The number of carbonyl (C=O) groups is 3. The first-order valence-corrected chi connectivity index (χ1v) is 12.2. The van der Waals surface area contributed by atoms with E-state index in [0.29, 0.717) is 47.8 Å². The number of benzene rings is 2. The number of halogens is 1. The van der Waals surface area contributed by atoms with Crippen molar-refractivity contribution in [3.8, 4) is 5.75 Å². The highest BCUT2D eigenvalue weighted by Crippen LogP contribution is 2.32. The largest absolute Gasteiger partial charge is 0.490 e. The number of hydrogen-bond acceptors (Lipinski definition) is 5. The first kappa shape index (κ1) is 25.0. The number of ether oxygens (including phenoxy) is 2. The highest BCUT2D eigenvalue weighted by atomic mass is 35.5. The number of fused-ring (bicyclic) bond motifs is 2. The van der Waals surface area contributed by atoms with E-state index in [-0.39, 0.29) is 49.0 Å². The Kier molecular flexibility index (Phi) is 7.93. The molecule has 0 saturated carbocycles. The lowest BCUT2D eigenvalue weighted by Gasteiger charge is -2.42. The van der Waals surface area contributed by atoms with Gasteiger partial charge in [0.05, 0.1) is 24.1 Å². The topological polar surface area (TPSA) is 97.0 Å². The zero-order chi connectivity index (χ0) is 24.9. The lowest BCUT2D eigenvalue weighted by Crippen LogP contribution is -2.53. The molecule has 2 aliphatic rings. The van der Waals surface area contributed by atoms with Crippen LogP contribution in [0.3, 0.4) is 0 Å². The Bertz CT molecular complexity index is 1110. The van der Waals surface area contributed by atoms with Crippen molar-refractivity contribution in [2.75, 3.05) is 19.0 Å². The number of likely N-dealkylation sites (N-methyl/N-ethyl adjacent to an activating group) is 1. The molecule has 2 aromatic rings. The Balaban J connectivity index is 1.39. The SMILES string of the molecule is CCC(=O)Nc1ccc2c(c1)C(=O)N(C)[C@@H]1CC[C@H](CC(=O)NCc3ccccc3Cl)O[C@@H]1CO2. The number of hydrogen-bond donors (Lipinski definition) is 2. The summed E-state index contributed by atoms with van der Waals surface area (Å²) in [6, 6.07) is 12.3. The van der Waals surface area contributed by atoms with Gasteiger partial charge in [-0.1, -0.05) is 36.7 Å². The molecular formula is C26H30ClN3O5. The molecule has 1 fully saturated rings. The smallest absolute Gasteiger partial charge is 0.257 e. The van der Waals surface area contributed by atoms with Crippen LogP contribution in [0.1, 0.15) is 48.5 Å². The third kappa shape index (κ3) is 5.94. The lowest BCUT2D eigenvalue weighted by atomic mass is 9.94. The first-order valence-electron chi connectivity index (χ1n) is 11.8. The molecule has 2 N–H and O–H groups in total. The Morgan fingerprint density at radius 2 is 1.94 bits per heavy atom. The Labute approximate surface area is 209 Å². The van der Waals surface area contributed by atoms with Gasteiger partial charge in [0.15, 0.2) is 0 Å². The van der Waals surface area contributed by atoms with E-state index in [4.69, 9.17) is 21.1 Å². The summed E-state index contributed by atoms with van der Waals surface area (Å²) in [5.41, 5.74) is 1.82. The number of carbonyl (C=O) groups excluding carboxylic acids is 3. The number of nitrogens with one attached hydrogen (secondary N) is 2. The number of nitrogens with zero attached hydrogens (tertiary/aromatic N) is 1. The molecule has 35 heavy (non-hydrogen) atoms. The van der Waals surface area contributed by atoms with E-state index in [1.54, 1.807) is 43.1 Å². The van der Waals surface area contributed by atoms with Gasteiger partial charge in [0.25, 0.3) is 5.91 Å². The molecule has 0 bridgehead atoms. The molecule has 4 rings (SSSR count). The van der Waals surface area contributed by atoms with Crippen LogP contribution < -0.4 is 15.4 Å². The lowest BCUT2D eigenvalue weighted by molar-refractivity contribution is -0.134. The normalized spacial score (nSPS) is 21.6. The van der Waals surface area contributed by atoms with Gasteiger partial charge >= 0.3 is 0 Å². The number of rotatable bonds is 6. The second-order valence-corrected chi connectivity index (χ2v) is 9.26. The van der Waals surface area contributed by atoms with Crippen LogP contribution in [0, 0.1) is 0 Å². The van der Waals surface area contributed by atoms with Gasteiger partial charge in [0.1, 0.15) is 18.5 Å². The predicted octanol–water partition coefficient (Wildman–Crippen LogP) is 3.78. The average molecular weight is 500 g/mol. The molecule has 0 aromatic heterocycles. The second-order valence-electron chi connectivity index (χ2n) is 8.85. The monoisotopic (exact) mass is 499 g/mol. The van der Waals surface area contributed by atoms with Crippen LogP contribution in [-0.2, 0) is 20.9 Å². The summed E-state index contributed by atoms with van der Waals surface area (Å²) >= 11 is 6.16. The second kappa shape index (κ2) is 11.1. The Morgan fingerprint density at radius 1 is 1.14 bits per heavy atom. The molecule has 3 atom stereocenters. The number of anilines is 1. The molecule has 1 saturated heterocycles. The van der Waals surface area contributed by atoms with E-state index in [2.05, 4.69) is 10.6 Å². The molecule has 186 valence electrons. The van der Waals surface area contributed by atoms with Crippen molar-refractivity contribution < 1.29 is 23.9 Å². The van der Waals surface area contributed by atoms with Crippen molar-refractivity contribution in [1.82, 2.24) is 10.2 Å². The first-order chi connectivity index (χ1) is 16.9. The standard InChI is InChI=1S/C26H30ClN3O5/c1-3-24(31)29-17-8-11-22-19(12-17)26(33)30(2)21-10-9-18(35-23(21)15-34-22)13-25(32)28-14-16-6-4-5-7-20(16)27/h4-8,11-12,18,21,23H,3,9-10,13-15H2,1-2H3,(H,28,32)(H,29,31)/t18-,21-,23-/m1/s1. The fourth-order valence-electron chi connectivity index (χ4n) is 4.47. The van der Waals surface area contributed by atoms with Crippen LogP contribution in [0.4, 0.5) is 5.69 Å². The maximum Gasteiger partial charge on any atom is 0.257 e. The van der Waals surface area contributed by atoms with Gasteiger partial charge in [-0.15, -0.1) is 0 Å². The third-order valence-corrected chi connectivity index (χ3v) is 6.83. The Hall–Kier alpha value is -3.10. The minimum absolute atomic E-state index is 0.114. The molecule has 9 heteroatoms. The van der Waals surface area contributed by atoms with Gasteiger partial charge in [-0.25, -0.2) is 0 Å². The minimum atomic E-state index is -0.355.